The Morgan fingerprint density at radius 1 is 0.862 bits per heavy atom. The van der Waals surface area contributed by atoms with Gasteiger partial charge >= 0.3 is 0 Å². The molecule has 0 N–H and O–H groups in total. The molecule has 2 aromatic carbocycles. The van der Waals surface area contributed by atoms with Crippen molar-refractivity contribution >= 4 is 52.1 Å². The fourth-order valence-electron chi connectivity index (χ4n) is 3.37. The Labute approximate surface area is 182 Å². The van der Waals surface area contributed by atoms with Crippen LogP contribution < -0.4 is 0 Å². The molecule has 0 saturated heterocycles. The number of hydrogen-bond donors (Lipinski definition) is 0. The van der Waals surface area contributed by atoms with Crippen molar-refractivity contribution in [1.29, 1.82) is 0 Å². The number of benzene rings is 2. The molecule has 142 valence electrons. The lowest BCUT2D eigenvalue weighted by Gasteiger charge is -2.20. The quantitative estimate of drug-likeness (QED) is 0.494. The molecule has 5 rings (SSSR count). The summed E-state index contributed by atoms with van der Waals surface area (Å²) in [6, 6.07) is 14.7. The second kappa shape index (κ2) is 7.30. The van der Waals surface area contributed by atoms with Crippen LogP contribution in [0.4, 0.5) is 0 Å². The summed E-state index contributed by atoms with van der Waals surface area (Å²) in [5.41, 5.74) is 3.70. The number of allylic oxidation sites excluding steroid dienone is 4. The molecule has 0 bridgehead atoms. The first kappa shape index (κ1) is 18.4. The van der Waals surface area contributed by atoms with E-state index < -0.39 is 0 Å². The molecule has 0 radical (unpaired) electrons. The van der Waals surface area contributed by atoms with E-state index in [0.717, 1.165) is 16.8 Å². The Hall–Kier alpha value is -2.66. The molecule has 29 heavy (non-hydrogen) atoms. The van der Waals surface area contributed by atoms with Crippen molar-refractivity contribution in [3.63, 3.8) is 0 Å². The van der Waals surface area contributed by atoms with E-state index in [2.05, 4.69) is 0 Å². The second-order valence-electron chi connectivity index (χ2n) is 6.51. The smallest absolute Gasteiger partial charge is 0.216 e. The van der Waals surface area contributed by atoms with Gasteiger partial charge in [0.2, 0.25) is 5.78 Å². The minimum absolute atomic E-state index is 0.0771. The van der Waals surface area contributed by atoms with Gasteiger partial charge in [-0.05, 0) is 54.1 Å². The van der Waals surface area contributed by atoms with Crippen LogP contribution in [-0.4, -0.2) is 10.7 Å². The Kier molecular flexibility index (Phi) is 4.63. The van der Waals surface area contributed by atoms with Gasteiger partial charge in [0.25, 0.3) is 0 Å². The van der Waals surface area contributed by atoms with Gasteiger partial charge in [-0.25, -0.2) is 0 Å². The van der Waals surface area contributed by atoms with Crippen LogP contribution >= 0.6 is 35.0 Å². The number of hydrogen-bond acceptors (Lipinski definition) is 4. The summed E-state index contributed by atoms with van der Waals surface area (Å²) in [5.74, 6) is 0.617. The fraction of sp³-hybridized carbons (Fsp3) is 0. The van der Waals surface area contributed by atoms with Crippen LogP contribution in [0, 0.1) is 0 Å². The number of halogens is 2. The van der Waals surface area contributed by atoms with Gasteiger partial charge in [-0.1, -0.05) is 53.2 Å². The molecule has 3 aliphatic rings. The molecule has 0 atom stereocenters. The van der Waals surface area contributed by atoms with E-state index in [4.69, 9.17) is 27.9 Å². The lowest BCUT2D eigenvalue weighted by Crippen LogP contribution is -2.16. The first-order chi connectivity index (χ1) is 14.1. The largest absolute Gasteiger partial charge is 0.447 e. The molecule has 0 fully saturated rings. The predicted octanol–water partition coefficient (Wildman–Crippen LogP) is 6.60. The van der Waals surface area contributed by atoms with Gasteiger partial charge in [0, 0.05) is 27.2 Å². The summed E-state index contributed by atoms with van der Waals surface area (Å²) in [5, 5.41) is 3.76. The van der Waals surface area contributed by atoms with Crippen molar-refractivity contribution in [3.05, 3.63) is 116 Å². The highest BCUT2D eigenvalue weighted by Gasteiger charge is 2.38. The van der Waals surface area contributed by atoms with Crippen LogP contribution in [0.25, 0.3) is 11.3 Å². The number of ether oxygens (including phenoxy) is 1. The number of rotatable bonds is 2. The molecule has 3 nitrogen and oxygen atoms in total. The summed E-state index contributed by atoms with van der Waals surface area (Å²) in [6.45, 7) is 0. The van der Waals surface area contributed by atoms with Crippen LogP contribution in [0.5, 0.6) is 0 Å². The van der Waals surface area contributed by atoms with E-state index >= 15 is 0 Å². The van der Waals surface area contributed by atoms with Gasteiger partial charge in [0.05, 0.1) is 11.3 Å². The van der Waals surface area contributed by atoms with E-state index in [-0.39, 0.29) is 5.78 Å². The lowest BCUT2D eigenvalue weighted by molar-refractivity contribution is -0.111. The highest BCUT2D eigenvalue weighted by molar-refractivity contribution is 8.06. The third kappa shape index (κ3) is 3.23. The van der Waals surface area contributed by atoms with Crippen LogP contribution in [0.1, 0.15) is 11.1 Å². The summed E-state index contributed by atoms with van der Waals surface area (Å²) >= 11 is 13.4. The van der Waals surface area contributed by atoms with Gasteiger partial charge in [-0.3, -0.25) is 4.79 Å². The third-order valence-corrected chi connectivity index (χ3v) is 6.06. The molecule has 0 aromatic heterocycles. The van der Waals surface area contributed by atoms with Crippen molar-refractivity contribution in [2.45, 2.75) is 0 Å². The molecule has 0 aliphatic carbocycles. The molecule has 3 heterocycles. The van der Waals surface area contributed by atoms with Crippen molar-refractivity contribution < 1.29 is 9.53 Å². The zero-order valence-electron chi connectivity index (χ0n) is 14.9. The minimum Gasteiger partial charge on any atom is -0.447 e. The maximum Gasteiger partial charge on any atom is 0.216 e. The maximum absolute atomic E-state index is 13.4. The molecule has 3 aliphatic heterocycles. The van der Waals surface area contributed by atoms with Gasteiger partial charge < -0.3 is 9.64 Å². The van der Waals surface area contributed by atoms with Crippen LogP contribution in [0.15, 0.2) is 94.9 Å². The minimum atomic E-state index is -0.0771. The summed E-state index contributed by atoms with van der Waals surface area (Å²) < 4.78 is 6.09. The molecule has 0 unspecified atom stereocenters. The number of nitrogens with zero attached hydrogens (tertiary/aromatic N) is 1. The maximum atomic E-state index is 13.4. The average Bonchev–Trinajstić information content (AvgIpc) is 3.31. The first-order valence-electron chi connectivity index (χ1n) is 8.86. The Balaban J connectivity index is 1.53. The lowest BCUT2D eigenvalue weighted by atomic mass is 10.0. The van der Waals surface area contributed by atoms with Crippen LogP contribution in [-0.2, 0) is 9.53 Å². The van der Waals surface area contributed by atoms with E-state index in [9.17, 15) is 4.79 Å². The standard InChI is InChI=1S/C23H13Cl2NO2S/c24-16-8-4-14(5-9-16)19-13-29-23(28-19)21-22(27)20(15-6-10-17(25)11-7-15)18-3-1-2-12-26(18)21/h1-13H/b23-21+. The zero-order valence-corrected chi connectivity index (χ0v) is 17.3. The van der Waals surface area contributed by atoms with Gasteiger partial charge in [0.1, 0.15) is 11.5 Å². The molecule has 0 amide bonds. The Morgan fingerprint density at radius 3 is 2.21 bits per heavy atom. The van der Waals surface area contributed by atoms with Crippen LogP contribution in [0.3, 0.4) is 0 Å². The monoisotopic (exact) mass is 437 g/mol. The van der Waals surface area contributed by atoms with Gasteiger partial charge in [0.15, 0.2) is 5.09 Å². The van der Waals surface area contributed by atoms with E-state index in [0.29, 0.717) is 32.2 Å². The first-order valence-corrected chi connectivity index (χ1v) is 10.5. The van der Waals surface area contributed by atoms with Crippen molar-refractivity contribution in [2.75, 3.05) is 0 Å². The average molecular weight is 438 g/mol. The summed E-state index contributed by atoms with van der Waals surface area (Å²) in [6.07, 6.45) is 7.63. The Bertz CT molecular complexity index is 1170. The fourth-order valence-corrected chi connectivity index (χ4v) is 4.46. The molecule has 0 spiro atoms. The molecule has 0 saturated carbocycles. The number of thioether (sulfide) groups is 1. The number of carbonyl (C=O) groups excluding carboxylic acids is 1. The summed E-state index contributed by atoms with van der Waals surface area (Å²) in [7, 11) is 0. The normalized spacial score (nSPS) is 20.3. The molecular weight excluding hydrogens is 425 g/mol. The SMILES string of the molecule is O=C1C(c2ccc(Cl)cc2)=C2C=CC=CN2/C1=C1\OC(c2ccc(Cl)cc2)=CS1. The topological polar surface area (TPSA) is 29.5 Å². The summed E-state index contributed by atoms with van der Waals surface area (Å²) in [4.78, 5) is 15.3. The molecule has 6 heteroatoms. The molecular formula is C23H13Cl2NO2S. The van der Waals surface area contributed by atoms with Gasteiger partial charge in [-0.2, -0.15) is 0 Å². The number of Topliss-reactive ketones (excluding diaryl/α,β-unsaturated/α-hetero) is 1. The number of carbonyl (C=O) groups is 1. The zero-order chi connectivity index (χ0) is 20.0. The van der Waals surface area contributed by atoms with Crippen LogP contribution in [0.2, 0.25) is 10.0 Å². The predicted molar refractivity (Wildman–Crippen MR) is 119 cm³/mol. The second-order valence-corrected chi connectivity index (χ2v) is 8.23. The highest BCUT2D eigenvalue weighted by Crippen LogP contribution is 2.45. The number of ketones is 1. The Morgan fingerprint density at radius 2 is 1.52 bits per heavy atom. The van der Waals surface area contributed by atoms with E-state index in [1.54, 1.807) is 12.1 Å². The van der Waals surface area contributed by atoms with Gasteiger partial charge in [-0.15, -0.1) is 0 Å². The highest BCUT2D eigenvalue weighted by atomic mass is 35.5. The third-order valence-electron chi connectivity index (χ3n) is 4.73. The van der Waals surface area contributed by atoms with Crippen molar-refractivity contribution in [2.24, 2.45) is 0 Å². The molecule has 2 aromatic rings. The van der Waals surface area contributed by atoms with E-state index in [1.807, 2.05) is 71.1 Å². The van der Waals surface area contributed by atoms with Crippen molar-refractivity contribution in [3.8, 4) is 0 Å². The van der Waals surface area contributed by atoms with E-state index in [1.165, 1.54) is 11.8 Å². The number of fused-ring (bicyclic) bond motifs is 1. The van der Waals surface area contributed by atoms with Crippen molar-refractivity contribution in [1.82, 2.24) is 4.90 Å².